The molecule has 1 amide bonds. The fourth-order valence-electron chi connectivity index (χ4n) is 4.05. The van der Waals surface area contributed by atoms with Crippen LogP contribution in [0.25, 0.3) is 11.8 Å². The summed E-state index contributed by atoms with van der Waals surface area (Å²) in [6, 6.07) is 6.37. The molecule has 1 aromatic carbocycles. The highest BCUT2D eigenvalue weighted by Gasteiger charge is 2.29. The van der Waals surface area contributed by atoms with Crippen molar-refractivity contribution in [3.05, 3.63) is 53.1 Å². The maximum Gasteiger partial charge on any atom is 0.331 e. The number of nitrogens with zero attached hydrogens (tertiary/aromatic N) is 3. The van der Waals surface area contributed by atoms with E-state index in [-0.39, 0.29) is 30.4 Å². The van der Waals surface area contributed by atoms with Crippen molar-refractivity contribution in [1.82, 2.24) is 14.7 Å². The summed E-state index contributed by atoms with van der Waals surface area (Å²) in [5.41, 5.74) is 3.05. The van der Waals surface area contributed by atoms with E-state index in [4.69, 9.17) is 4.74 Å². The molecule has 2 heterocycles. The van der Waals surface area contributed by atoms with E-state index in [9.17, 15) is 14.0 Å². The minimum absolute atomic E-state index is 0.159. The number of carbonyl (C=O) groups is 2. The molecule has 0 saturated carbocycles. The van der Waals surface area contributed by atoms with Crippen LogP contribution in [0.15, 0.2) is 30.3 Å². The van der Waals surface area contributed by atoms with Gasteiger partial charge in [-0.05, 0) is 77.3 Å². The van der Waals surface area contributed by atoms with Crippen molar-refractivity contribution in [3.63, 3.8) is 0 Å². The van der Waals surface area contributed by atoms with E-state index in [1.807, 2.05) is 32.6 Å². The highest BCUT2D eigenvalue weighted by atomic mass is 19.1. The molecule has 1 fully saturated rings. The van der Waals surface area contributed by atoms with Crippen LogP contribution in [0.1, 0.15) is 50.1 Å². The largest absolute Gasteiger partial charge is 0.452 e. The topological polar surface area (TPSA) is 64.4 Å². The van der Waals surface area contributed by atoms with Gasteiger partial charge in [-0.15, -0.1) is 0 Å². The number of aromatic nitrogens is 2. The molecular weight excluding hydrogens is 385 g/mol. The van der Waals surface area contributed by atoms with E-state index in [0.29, 0.717) is 0 Å². The lowest BCUT2D eigenvalue weighted by Gasteiger charge is -2.38. The average Bonchev–Trinajstić information content (AvgIpc) is 2.99. The molecule has 1 saturated heterocycles. The molecular formula is C23H28FN3O3. The molecule has 2 aromatic rings. The zero-order valence-corrected chi connectivity index (χ0v) is 17.9. The molecule has 6 nitrogen and oxygen atoms in total. The van der Waals surface area contributed by atoms with Gasteiger partial charge in [0.05, 0.1) is 11.4 Å². The minimum Gasteiger partial charge on any atom is -0.452 e. The number of carbonyl (C=O) groups excluding carboxylic acids is 2. The van der Waals surface area contributed by atoms with E-state index in [2.05, 4.69) is 5.10 Å². The number of halogens is 1. The van der Waals surface area contributed by atoms with Gasteiger partial charge in [-0.1, -0.05) is 0 Å². The second kappa shape index (κ2) is 9.24. The normalized spacial score (nSPS) is 19.3. The van der Waals surface area contributed by atoms with Crippen LogP contribution in [0.3, 0.4) is 0 Å². The fraction of sp³-hybridized carbons (Fsp3) is 0.435. The predicted octanol–water partition coefficient (Wildman–Crippen LogP) is 3.97. The van der Waals surface area contributed by atoms with Crippen LogP contribution in [0.5, 0.6) is 0 Å². The van der Waals surface area contributed by atoms with Gasteiger partial charge in [-0.2, -0.15) is 5.10 Å². The van der Waals surface area contributed by atoms with E-state index in [1.54, 1.807) is 22.9 Å². The average molecular weight is 413 g/mol. The molecule has 160 valence electrons. The van der Waals surface area contributed by atoms with Gasteiger partial charge >= 0.3 is 5.97 Å². The van der Waals surface area contributed by atoms with Crippen molar-refractivity contribution in [2.75, 3.05) is 6.61 Å². The Balaban J connectivity index is 1.63. The van der Waals surface area contributed by atoms with Crippen molar-refractivity contribution in [3.8, 4) is 5.69 Å². The molecule has 2 unspecified atom stereocenters. The highest BCUT2D eigenvalue weighted by molar-refractivity contribution is 5.89. The first kappa shape index (κ1) is 21.7. The zero-order chi connectivity index (χ0) is 21.8. The van der Waals surface area contributed by atoms with Crippen LogP contribution >= 0.6 is 0 Å². The molecule has 0 spiro atoms. The number of benzene rings is 1. The van der Waals surface area contributed by atoms with Crippen LogP contribution in [-0.2, 0) is 14.3 Å². The van der Waals surface area contributed by atoms with Crippen LogP contribution in [-0.4, -0.2) is 45.2 Å². The molecule has 1 aromatic heterocycles. The molecule has 1 aliphatic rings. The number of hydrogen-bond acceptors (Lipinski definition) is 4. The van der Waals surface area contributed by atoms with E-state index in [1.165, 1.54) is 18.2 Å². The molecule has 30 heavy (non-hydrogen) atoms. The number of likely N-dealkylation sites (tertiary alicyclic amines) is 1. The highest BCUT2D eigenvalue weighted by Crippen LogP contribution is 2.23. The molecule has 2 atom stereocenters. The molecule has 0 radical (unpaired) electrons. The van der Waals surface area contributed by atoms with Gasteiger partial charge < -0.3 is 9.64 Å². The van der Waals surface area contributed by atoms with Gasteiger partial charge in [0.2, 0.25) is 0 Å². The van der Waals surface area contributed by atoms with E-state index >= 15 is 0 Å². The molecule has 0 aliphatic carbocycles. The number of ether oxygens (including phenoxy) is 1. The first-order valence-electron chi connectivity index (χ1n) is 10.3. The summed E-state index contributed by atoms with van der Waals surface area (Å²) in [6.45, 7) is 7.50. The fourth-order valence-corrected chi connectivity index (χ4v) is 4.05. The third-order valence-corrected chi connectivity index (χ3v) is 5.62. The Labute approximate surface area is 176 Å². The predicted molar refractivity (Wildman–Crippen MR) is 113 cm³/mol. The Morgan fingerprint density at radius 3 is 2.43 bits per heavy atom. The van der Waals surface area contributed by atoms with Gasteiger partial charge in [0.15, 0.2) is 6.61 Å². The Morgan fingerprint density at radius 1 is 1.17 bits per heavy atom. The van der Waals surface area contributed by atoms with Crippen molar-refractivity contribution < 1.29 is 18.7 Å². The van der Waals surface area contributed by atoms with Crippen molar-refractivity contribution in [2.45, 2.75) is 59.0 Å². The number of esters is 1. The van der Waals surface area contributed by atoms with Crippen LogP contribution in [0, 0.1) is 19.7 Å². The number of hydrogen-bond donors (Lipinski definition) is 0. The van der Waals surface area contributed by atoms with Gasteiger partial charge in [0.25, 0.3) is 5.91 Å². The lowest BCUT2D eigenvalue weighted by atomic mass is 9.97. The maximum atomic E-state index is 13.2. The summed E-state index contributed by atoms with van der Waals surface area (Å²) in [5, 5.41) is 4.47. The minimum atomic E-state index is -0.575. The third kappa shape index (κ3) is 4.78. The van der Waals surface area contributed by atoms with Gasteiger partial charge in [0, 0.05) is 29.4 Å². The molecule has 3 rings (SSSR count). The summed E-state index contributed by atoms with van der Waals surface area (Å²) >= 11 is 0. The van der Waals surface area contributed by atoms with Crippen LogP contribution in [0.2, 0.25) is 0 Å². The monoisotopic (exact) mass is 413 g/mol. The summed E-state index contributed by atoms with van der Waals surface area (Å²) < 4.78 is 20.0. The number of piperidine rings is 1. The van der Waals surface area contributed by atoms with Crippen LogP contribution < -0.4 is 0 Å². The van der Waals surface area contributed by atoms with Crippen LogP contribution in [0.4, 0.5) is 4.39 Å². The Hall–Kier alpha value is -2.96. The first-order valence-corrected chi connectivity index (χ1v) is 10.3. The van der Waals surface area contributed by atoms with Crippen molar-refractivity contribution >= 4 is 18.0 Å². The second-order valence-corrected chi connectivity index (χ2v) is 7.84. The van der Waals surface area contributed by atoms with E-state index < -0.39 is 5.97 Å². The molecule has 0 N–H and O–H groups in total. The maximum absolute atomic E-state index is 13.2. The first-order chi connectivity index (χ1) is 14.3. The quantitative estimate of drug-likeness (QED) is 0.550. The van der Waals surface area contributed by atoms with Gasteiger partial charge in [-0.3, -0.25) is 4.79 Å². The van der Waals surface area contributed by atoms with E-state index in [0.717, 1.165) is 41.9 Å². The van der Waals surface area contributed by atoms with Crippen molar-refractivity contribution in [1.29, 1.82) is 0 Å². The number of aryl methyl sites for hydroxylation is 1. The standard InChI is InChI=1S/C23H28FN3O3/c1-15-6-5-7-16(2)26(15)22(28)14-30-23(29)13-12-21-17(3)25-27(18(21)4)20-10-8-19(24)9-11-20/h8-13,15-16H,5-7,14H2,1-4H3/b13-12+. The van der Waals surface area contributed by atoms with Gasteiger partial charge in [0.1, 0.15) is 5.82 Å². The second-order valence-electron chi connectivity index (χ2n) is 7.84. The molecule has 0 bridgehead atoms. The number of amides is 1. The smallest absolute Gasteiger partial charge is 0.331 e. The molecule has 1 aliphatic heterocycles. The SMILES string of the molecule is Cc1nn(-c2ccc(F)cc2)c(C)c1/C=C/C(=O)OCC(=O)N1C(C)CCCC1C. The zero-order valence-electron chi connectivity index (χ0n) is 17.9. The Kier molecular flexibility index (Phi) is 6.70. The lowest BCUT2D eigenvalue weighted by molar-refractivity contribution is -0.151. The summed E-state index contributed by atoms with van der Waals surface area (Å²) in [7, 11) is 0. The number of rotatable bonds is 5. The summed E-state index contributed by atoms with van der Waals surface area (Å²) in [6.07, 6.45) is 6.00. The van der Waals surface area contributed by atoms with Crippen molar-refractivity contribution in [2.24, 2.45) is 0 Å². The summed E-state index contributed by atoms with van der Waals surface area (Å²) in [5.74, 6) is -1.05. The third-order valence-electron chi connectivity index (χ3n) is 5.62. The van der Waals surface area contributed by atoms with Gasteiger partial charge in [-0.25, -0.2) is 13.9 Å². The Bertz CT molecular complexity index is 939. The summed E-state index contributed by atoms with van der Waals surface area (Å²) in [4.78, 5) is 26.5. The Morgan fingerprint density at radius 2 is 1.80 bits per heavy atom. The lowest BCUT2D eigenvalue weighted by Crippen LogP contribution is -2.49. The molecule has 7 heteroatoms.